The Hall–Kier alpha value is -2.85. The average molecular weight is 460 g/mol. The number of ether oxygens (including phenoxy) is 1. The lowest BCUT2D eigenvalue weighted by atomic mass is 9.95. The molecule has 0 unspecified atom stereocenters. The van der Waals surface area contributed by atoms with Crippen molar-refractivity contribution in [3.63, 3.8) is 0 Å². The Balaban J connectivity index is 1.92. The molecule has 4 aromatic carbocycles. The fourth-order valence-electron chi connectivity index (χ4n) is 4.43. The fraction of sp³-hybridized carbons (Fsp3) is 0.192. The highest BCUT2D eigenvalue weighted by Crippen LogP contribution is 2.39. The molecule has 3 nitrogen and oxygen atoms in total. The van der Waals surface area contributed by atoms with Gasteiger partial charge in [0.25, 0.3) is 0 Å². The van der Waals surface area contributed by atoms with Gasteiger partial charge in [-0.25, -0.2) is 4.79 Å². The number of nitrogens with zero attached hydrogens (tertiary/aromatic N) is 1. The molecule has 0 aliphatic carbocycles. The molecule has 5 aromatic rings. The van der Waals surface area contributed by atoms with Crippen LogP contribution in [0.1, 0.15) is 30.1 Å². The summed E-state index contributed by atoms with van der Waals surface area (Å²) in [7, 11) is 2.03. The number of halogens is 1. The summed E-state index contributed by atoms with van der Waals surface area (Å²) in [5.74, 6) is -0.254. The van der Waals surface area contributed by atoms with E-state index in [-0.39, 0.29) is 5.97 Å². The third kappa shape index (κ3) is 2.90. The minimum atomic E-state index is -0.254. The van der Waals surface area contributed by atoms with Gasteiger partial charge in [0.1, 0.15) is 0 Å². The maximum atomic E-state index is 13.2. The number of unbranched alkanes of at least 4 members (excludes halogenated alkanes) is 1. The number of fused-ring (bicyclic) bond motifs is 7. The Bertz CT molecular complexity index is 1450. The summed E-state index contributed by atoms with van der Waals surface area (Å²) < 4.78 is 8.81. The van der Waals surface area contributed by atoms with Crippen LogP contribution in [0.3, 0.4) is 0 Å². The molecule has 0 fully saturated rings. The number of para-hydroxylation sites is 1. The van der Waals surface area contributed by atoms with Crippen LogP contribution in [0.4, 0.5) is 0 Å². The first kappa shape index (κ1) is 19.1. The van der Waals surface area contributed by atoms with E-state index in [0.717, 1.165) is 60.7 Å². The van der Waals surface area contributed by atoms with Crippen LogP contribution in [0, 0.1) is 0 Å². The van der Waals surface area contributed by atoms with E-state index in [1.807, 2.05) is 25.2 Å². The Morgan fingerprint density at radius 3 is 2.60 bits per heavy atom. The Morgan fingerprint density at radius 2 is 1.77 bits per heavy atom. The Labute approximate surface area is 183 Å². The summed E-state index contributed by atoms with van der Waals surface area (Å²) in [5, 5.41) is 6.76. The topological polar surface area (TPSA) is 31.2 Å². The molecule has 1 aromatic heterocycles. The minimum Gasteiger partial charge on any atom is -0.462 e. The van der Waals surface area contributed by atoms with Crippen molar-refractivity contribution in [2.24, 2.45) is 7.05 Å². The van der Waals surface area contributed by atoms with Gasteiger partial charge in [-0.05, 0) is 52.2 Å². The number of aromatic nitrogens is 1. The number of carbonyl (C=O) groups excluding carboxylic acids is 1. The smallest absolute Gasteiger partial charge is 0.340 e. The molecule has 0 saturated heterocycles. The van der Waals surface area contributed by atoms with Gasteiger partial charge >= 0.3 is 5.97 Å². The number of carbonyl (C=O) groups is 1. The van der Waals surface area contributed by atoms with Crippen molar-refractivity contribution < 1.29 is 9.53 Å². The van der Waals surface area contributed by atoms with E-state index in [1.54, 1.807) is 0 Å². The van der Waals surface area contributed by atoms with Gasteiger partial charge in [-0.1, -0.05) is 65.7 Å². The zero-order valence-electron chi connectivity index (χ0n) is 17.0. The third-order valence-corrected chi connectivity index (χ3v) is 6.39. The maximum absolute atomic E-state index is 13.2. The summed E-state index contributed by atoms with van der Waals surface area (Å²) in [6, 6.07) is 20.9. The molecule has 5 rings (SSSR count). The minimum absolute atomic E-state index is 0.254. The van der Waals surface area contributed by atoms with Crippen LogP contribution in [-0.2, 0) is 11.8 Å². The molecule has 0 amide bonds. The fourth-order valence-corrected chi connectivity index (χ4v) is 4.81. The summed E-state index contributed by atoms with van der Waals surface area (Å²) in [6.45, 7) is 2.54. The molecule has 0 bridgehead atoms. The van der Waals surface area contributed by atoms with Crippen LogP contribution < -0.4 is 0 Å². The average Bonchev–Trinajstić information content (AvgIpc) is 3.06. The number of aryl methyl sites for hydroxylation is 1. The van der Waals surface area contributed by atoms with Crippen LogP contribution in [-0.4, -0.2) is 17.1 Å². The van der Waals surface area contributed by atoms with Gasteiger partial charge < -0.3 is 9.30 Å². The largest absolute Gasteiger partial charge is 0.462 e. The molecule has 30 heavy (non-hydrogen) atoms. The molecule has 1 heterocycles. The van der Waals surface area contributed by atoms with Crippen LogP contribution in [0.2, 0.25) is 0 Å². The van der Waals surface area contributed by atoms with Crippen molar-refractivity contribution in [2.75, 3.05) is 6.61 Å². The Kier molecular flexibility index (Phi) is 4.75. The van der Waals surface area contributed by atoms with Crippen LogP contribution in [0.25, 0.3) is 43.4 Å². The number of rotatable bonds is 4. The quantitative estimate of drug-likeness (QED) is 0.159. The van der Waals surface area contributed by atoms with E-state index in [0.29, 0.717) is 12.2 Å². The highest BCUT2D eigenvalue weighted by atomic mass is 79.9. The summed E-state index contributed by atoms with van der Waals surface area (Å²) in [4.78, 5) is 13.2. The Morgan fingerprint density at radius 1 is 0.967 bits per heavy atom. The molecule has 0 aliphatic rings. The zero-order chi connectivity index (χ0) is 20.8. The molecule has 0 saturated carbocycles. The van der Waals surface area contributed by atoms with E-state index < -0.39 is 0 Å². The van der Waals surface area contributed by atoms with Gasteiger partial charge in [-0.3, -0.25) is 0 Å². The highest BCUT2D eigenvalue weighted by Gasteiger charge is 2.21. The van der Waals surface area contributed by atoms with E-state index in [4.69, 9.17) is 4.74 Å². The highest BCUT2D eigenvalue weighted by molar-refractivity contribution is 9.10. The lowest BCUT2D eigenvalue weighted by Gasteiger charge is -2.12. The van der Waals surface area contributed by atoms with Crippen LogP contribution in [0.5, 0.6) is 0 Å². The summed E-state index contributed by atoms with van der Waals surface area (Å²) in [5.41, 5.74) is 2.67. The van der Waals surface area contributed by atoms with Gasteiger partial charge in [0.15, 0.2) is 0 Å². The number of esters is 1. The molecule has 0 aliphatic heterocycles. The lowest BCUT2D eigenvalue weighted by Crippen LogP contribution is -2.08. The van der Waals surface area contributed by atoms with Crippen LogP contribution in [0.15, 0.2) is 65.1 Å². The van der Waals surface area contributed by atoms with E-state index in [2.05, 4.69) is 69.9 Å². The molecule has 4 heteroatoms. The standard InChI is InChI=1S/C26H22BrNO2/c1-3-4-13-30-26(29)22-15-21-18-12-10-17(27)14-16(18)9-11-19(21)24-20-7-5-6-8-23(20)28(2)25(22)24/h5-12,14-15H,3-4,13H2,1-2H3. The molecule has 0 N–H and O–H groups in total. The second kappa shape index (κ2) is 7.44. The molecular formula is C26H22BrNO2. The number of hydrogen-bond acceptors (Lipinski definition) is 2. The van der Waals surface area contributed by atoms with Crippen molar-refractivity contribution in [2.45, 2.75) is 19.8 Å². The number of hydrogen-bond donors (Lipinski definition) is 0. The van der Waals surface area contributed by atoms with Gasteiger partial charge in [0, 0.05) is 27.8 Å². The van der Waals surface area contributed by atoms with Crippen LogP contribution >= 0.6 is 15.9 Å². The normalized spacial score (nSPS) is 11.7. The SMILES string of the molecule is CCCCOC(=O)c1cc2c3ccc(Br)cc3ccc2c2c3ccccc3n(C)c12. The molecular weight excluding hydrogens is 438 g/mol. The molecule has 0 spiro atoms. The predicted molar refractivity (Wildman–Crippen MR) is 128 cm³/mol. The van der Waals surface area contributed by atoms with Crippen molar-refractivity contribution in [1.29, 1.82) is 0 Å². The van der Waals surface area contributed by atoms with E-state index >= 15 is 0 Å². The van der Waals surface area contributed by atoms with Crippen molar-refractivity contribution >= 4 is 65.2 Å². The number of benzene rings is 4. The predicted octanol–water partition coefficient (Wildman–Crippen LogP) is 7.36. The van der Waals surface area contributed by atoms with Gasteiger partial charge in [0.05, 0.1) is 17.7 Å². The first-order valence-corrected chi connectivity index (χ1v) is 11.1. The second-order valence-corrected chi connectivity index (χ2v) is 8.66. The zero-order valence-corrected chi connectivity index (χ0v) is 18.6. The summed E-state index contributed by atoms with van der Waals surface area (Å²) in [6.07, 6.45) is 1.86. The van der Waals surface area contributed by atoms with Crippen molar-refractivity contribution in [1.82, 2.24) is 4.57 Å². The monoisotopic (exact) mass is 459 g/mol. The first-order valence-electron chi connectivity index (χ1n) is 10.3. The van der Waals surface area contributed by atoms with Crippen molar-refractivity contribution in [3.8, 4) is 0 Å². The maximum Gasteiger partial charge on any atom is 0.340 e. The summed E-state index contributed by atoms with van der Waals surface area (Å²) >= 11 is 3.57. The first-order chi connectivity index (χ1) is 14.6. The third-order valence-electron chi connectivity index (χ3n) is 5.89. The molecule has 0 atom stereocenters. The second-order valence-electron chi connectivity index (χ2n) is 7.74. The van der Waals surface area contributed by atoms with E-state index in [1.165, 1.54) is 0 Å². The van der Waals surface area contributed by atoms with Gasteiger partial charge in [-0.15, -0.1) is 0 Å². The molecule has 150 valence electrons. The van der Waals surface area contributed by atoms with Crippen molar-refractivity contribution in [3.05, 3.63) is 70.7 Å². The lowest BCUT2D eigenvalue weighted by molar-refractivity contribution is 0.0502. The van der Waals surface area contributed by atoms with Gasteiger partial charge in [0.2, 0.25) is 0 Å². The molecule has 0 radical (unpaired) electrons. The van der Waals surface area contributed by atoms with E-state index in [9.17, 15) is 4.79 Å². The van der Waals surface area contributed by atoms with Gasteiger partial charge in [-0.2, -0.15) is 0 Å².